The molecule has 0 aliphatic carbocycles. The molecule has 1 aliphatic rings. The van der Waals surface area contributed by atoms with Crippen molar-refractivity contribution in [3.8, 4) is 0 Å². The number of nitrogens with two attached hydrogens (primary N) is 1. The molecular formula is C15H23N3O. The molecule has 0 bridgehead atoms. The Morgan fingerprint density at radius 1 is 1.47 bits per heavy atom. The van der Waals surface area contributed by atoms with Crippen LogP contribution >= 0.6 is 0 Å². The molecule has 0 unspecified atom stereocenters. The number of hydrogen-bond donors (Lipinski definition) is 2. The number of anilines is 1. The Morgan fingerprint density at radius 3 is 3.00 bits per heavy atom. The van der Waals surface area contributed by atoms with E-state index >= 15 is 0 Å². The van der Waals surface area contributed by atoms with Gasteiger partial charge in [0.05, 0.1) is 6.54 Å². The van der Waals surface area contributed by atoms with E-state index < -0.39 is 0 Å². The van der Waals surface area contributed by atoms with Crippen LogP contribution in [0.4, 0.5) is 5.69 Å². The van der Waals surface area contributed by atoms with Crippen molar-refractivity contribution in [2.45, 2.75) is 32.7 Å². The van der Waals surface area contributed by atoms with Crippen molar-refractivity contribution in [1.29, 1.82) is 0 Å². The van der Waals surface area contributed by atoms with Gasteiger partial charge < -0.3 is 11.1 Å². The number of carbonyl (C=O) groups excluding carboxylic acids is 1. The first-order valence-corrected chi connectivity index (χ1v) is 6.90. The smallest absolute Gasteiger partial charge is 0.238 e. The number of hydrogen-bond acceptors (Lipinski definition) is 3. The number of carbonyl (C=O) groups is 1. The zero-order chi connectivity index (χ0) is 13.8. The van der Waals surface area contributed by atoms with Gasteiger partial charge in [-0.15, -0.1) is 0 Å². The minimum atomic E-state index is 0.0443. The topological polar surface area (TPSA) is 58.4 Å². The molecule has 2 rings (SSSR count). The number of piperidine rings is 1. The molecule has 19 heavy (non-hydrogen) atoms. The van der Waals surface area contributed by atoms with Gasteiger partial charge in [-0.2, -0.15) is 0 Å². The fourth-order valence-electron chi connectivity index (χ4n) is 2.51. The normalized spacial score (nSPS) is 20.3. The van der Waals surface area contributed by atoms with E-state index in [0.717, 1.165) is 37.2 Å². The Labute approximate surface area is 115 Å². The SMILES string of the molecule is Cc1cccc(NC(=O)CN2CCC[C@@H](N)C2)c1C. The number of amides is 1. The van der Waals surface area contributed by atoms with E-state index in [2.05, 4.69) is 23.2 Å². The predicted molar refractivity (Wildman–Crippen MR) is 78.2 cm³/mol. The van der Waals surface area contributed by atoms with Crippen LogP contribution in [0.25, 0.3) is 0 Å². The van der Waals surface area contributed by atoms with Crippen LogP contribution in [0.5, 0.6) is 0 Å². The largest absolute Gasteiger partial charge is 0.327 e. The van der Waals surface area contributed by atoms with E-state index in [4.69, 9.17) is 5.73 Å². The number of nitrogens with one attached hydrogen (secondary N) is 1. The summed E-state index contributed by atoms with van der Waals surface area (Å²) < 4.78 is 0. The maximum atomic E-state index is 12.1. The third kappa shape index (κ3) is 3.78. The second-order valence-electron chi connectivity index (χ2n) is 5.43. The van der Waals surface area contributed by atoms with Crippen molar-refractivity contribution in [3.63, 3.8) is 0 Å². The zero-order valence-electron chi connectivity index (χ0n) is 11.8. The Kier molecular flexibility index (Phi) is 4.56. The van der Waals surface area contributed by atoms with E-state index in [0.29, 0.717) is 6.54 Å². The summed E-state index contributed by atoms with van der Waals surface area (Å²) in [6.45, 7) is 6.30. The summed E-state index contributed by atoms with van der Waals surface area (Å²) in [5, 5.41) is 2.99. The quantitative estimate of drug-likeness (QED) is 0.870. The highest BCUT2D eigenvalue weighted by Gasteiger charge is 2.19. The molecule has 0 radical (unpaired) electrons. The Hall–Kier alpha value is -1.39. The summed E-state index contributed by atoms with van der Waals surface area (Å²) in [6.07, 6.45) is 2.15. The average Bonchev–Trinajstić information content (AvgIpc) is 2.35. The lowest BCUT2D eigenvalue weighted by molar-refractivity contribution is -0.117. The first-order chi connectivity index (χ1) is 9.06. The molecule has 1 heterocycles. The fraction of sp³-hybridized carbons (Fsp3) is 0.533. The molecule has 1 amide bonds. The molecule has 4 nitrogen and oxygen atoms in total. The van der Waals surface area contributed by atoms with Crippen molar-refractivity contribution < 1.29 is 4.79 Å². The molecule has 0 spiro atoms. The van der Waals surface area contributed by atoms with Crippen molar-refractivity contribution in [2.24, 2.45) is 5.73 Å². The van der Waals surface area contributed by atoms with Gasteiger partial charge in [-0.25, -0.2) is 0 Å². The third-order valence-electron chi connectivity index (χ3n) is 3.79. The number of rotatable bonds is 3. The van der Waals surface area contributed by atoms with Gasteiger partial charge in [0.25, 0.3) is 0 Å². The summed E-state index contributed by atoms with van der Waals surface area (Å²) in [4.78, 5) is 14.2. The molecule has 1 saturated heterocycles. The van der Waals surface area contributed by atoms with Crippen molar-refractivity contribution in [2.75, 3.05) is 25.0 Å². The Balaban J connectivity index is 1.92. The summed E-state index contributed by atoms with van der Waals surface area (Å²) in [6, 6.07) is 6.17. The highest BCUT2D eigenvalue weighted by molar-refractivity contribution is 5.93. The van der Waals surface area contributed by atoms with Crippen LogP contribution in [0.15, 0.2) is 18.2 Å². The summed E-state index contributed by atoms with van der Waals surface area (Å²) in [7, 11) is 0. The van der Waals surface area contributed by atoms with E-state index in [1.54, 1.807) is 0 Å². The van der Waals surface area contributed by atoms with Crippen LogP contribution in [0.1, 0.15) is 24.0 Å². The van der Waals surface area contributed by atoms with Gasteiger partial charge in [0, 0.05) is 18.3 Å². The molecule has 3 N–H and O–H groups in total. The summed E-state index contributed by atoms with van der Waals surface area (Å²) >= 11 is 0. The number of likely N-dealkylation sites (tertiary alicyclic amines) is 1. The van der Waals surface area contributed by atoms with Crippen molar-refractivity contribution in [1.82, 2.24) is 4.90 Å². The van der Waals surface area contributed by atoms with E-state index in [-0.39, 0.29) is 11.9 Å². The van der Waals surface area contributed by atoms with Gasteiger partial charge in [0.15, 0.2) is 0 Å². The predicted octanol–water partition coefficient (Wildman–Crippen LogP) is 1.67. The lowest BCUT2D eigenvalue weighted by Gasteiger charge is -2.30. The monoisotopic (exact) mass is 261 g/mol. The van der Waals surface area contributed by atoms with Crippen LogP contribution in [0.2, 0.25) is 0 Å². The van der Waals surface area contributed by atoms with Gasteiger partial charge in [-0.05, 0) is 50.4 Å². The molecule has 1 aromatic rings. The van der Waals surface area contributed by atoms with Crippen LogP contribution in [0.3, 0.4) is 0 Å². The maximum absolute atomic E-state index is 12.1. The molecule has 0 saturated carbocycles. The van der Waals surface area contributed by atoms with Crippen LogP contribution < -0.4 is 11.1 Å². The Bertz CT molecular complexity index is 459. The van der Waals surface area contributed by atoms with Crippen LogP contribution in [-0.2, 0) is 4.79 Å². The molecule has 1 atom stereocenters. The zero-order valence-corrected chi connectivity index (χ0v) is 11.8. The molecule has 1 aliphatic heterocycles. The first kappa shape index (κ1) is 14.0. The Morgan fingerprint density at radius 2 is 2.26 bits per heavy atom. The molecule has 4 heteroatoms. The van der Waals surface area contributed by atoms with Crippen LogP contribution in [0, 0.1) is 13.8 Å². The minimum Gasteiger partial charge on any atom is -0.327 e. The number of nitrogens with zero attached hydrogens (tertiary/aromatic N) is 1. The standard InChI is InChI=1S/C15H23N3O/c1-11-5-3-7-14(12(11)2)17-15(19)10-18-8-4-6-13(16)9-18/h3,5,7,13H,4,6,8-10,16H2,1-2H3,(H,17,19)/t13-/m1/s1. The first-order valence-electron chi connectivity index (χ1n) is 6.90. The highest BCUT2D eigenvalue weighted by atomic mass is 16.2. The lowest BCUT2D eigenvalue weighted by Crippen LogP contribution is -2.45. The molecule has 1 fully saturated rings. The molecule has 1 aromatic carbocycles. The number of aryl methyl sites for hydroxylation is 1. The lowest BCUT2D eigenvalue weighted by atomic mass is 10.1. The molecule has 0 aromatic heterocycles. The van der Waals surface area contributed by atoms with Crippen LogP contribution in [-0.4, -0.2) is 36.5 Å². The van der Waals surface area contributed by atoms with Gasteiger partial charge in [0.1, 0.15) is 0 Å². The van der Waals surface area contributed by atoms with E-state index in [1.165, 1.54) is 5.56 Å². The second-order valence-corrected chi connectivity index (χ2v) is 5.43. The highest BCUT2D eigenvalue weighted by Crippen LogP contribution is 2.18. The average molecular weight is 261 g/mol. The fourth-order valence-corrected chi connectivity index (χ4v) is 2.51. The van der Waals surface area contributed by atoms with Crippen molar-refractivity contribution >= 4 is 11.6 Å². The van der Waals surface area contributed by atoms with Crippen molar-refractivity contribution in [3.05, 3.63) is 29.3 Å². The molecular weight excluding hydrogens is 238 g/mol. The maximum Gasteiger partial charge on any atom is 0.238 e. The van der Waals surface area contributed by atoms with E-state index in [9.17, 15) is 4.79 Å². The number of benzene rings is 1. The van der Waals surface area contributed by atoms with E-state index in [1.807, 2.05) is 19.1 Å². The molecule has 104 valence electrons. The second kappa shape index (κ2) is 6.17. The summed E-state index contributed by atoms with van der Waals surface area (Å²) in [5.41, 5.74) is 9.16. The van der Waals surface area contributed by atoms with Gasteiger partial charge >= 0.3 is 0 Å². The van der Waals surface area contributed by atoms with Gasteiger partial charge in [-0.3, -0.25) is 9.69 Å². The minimum absolute atomic E-state index is 0.0443. The summed E-state index contributed by atoms with van der Waals surface area (Å²) in [5.74, 6) is 0.0443. The van der Waals surface area contributed by atoms with Gasteiger partial charge in [0.2, 0.25) is 5.91 Å². The third-order valence-corrected chi connectivity index (χ3v) is 3.79. The van der Waals surface area contributed by atoms with Gasteiger partial charge in [-0.1, -0.05) is 12.1 Å².